The largest absolute Gasteiger partial charge is 0.466 e. The second-order valence-electron chi connectivity index (χ2n) is 7.13. The Morgan fingerprint density at radius 1 is 0.486 bits per heavy atom. The monoisotopic (exact) mass is 568 g/mol. The predicted molar refractivity (Wildman–Crippen MR) is 136 cm³/mol. The molecule has 37 heavy (non-hydrogen) atoms. The van der Waals surface area contributed by atoms with Crippen LogP contribution in [0.1, 0.15) is 106 Å². The van der Waals surface area contributed by atoms with E-state index in [0.29, 0.717) is 39.1 Å². The van der Waals surface area contributed by atoms with Gasteiger partial charge in [0.15, 0.2) is 0 Å². The number of carbonyl (C=O) groups excluding carboxylic acids is 6. The van der Waals surface area contributed by atoms with Gasteiger partial charge in [0.1, 0.15) is 36.6 Å². The Morgan fingerprint density at radius 2 is 0.676 bits per heavy atom. The van der Waals surface area contributed by atoms with Crippen molar-refractivity contribution >= 4 is 35.3 Å². The molecule has 10 nitrogen and oxygen atoms in total. The van der Waals surface area contributed by atoms with E-state index in [1.807, 2.05) is 20.8 Å². The molecule has 0 aromatic heterocycles. The molecule has 0 atom stereocenters. The Morgan fingerprint density at radius 3 is 0.811 bits per heavy atom. The molecule has 0 aliphatic rings. The summed E-state index contributed by atoms with van der Waals surface area (Å²) in [7, 11) is 0. The zero-order valence-electron chi connectivity index (χ0n) is 23.8. The van der Waals surface area contributed by atoms with Crippen LogP contribution in [0.25, 0.3) is 0 Å². The Labute approximate surface area is 237 Å². The Hall–Kier alpha value is -1.91. The molecule has 0 radical (unpaired) electrons. The van der Waals surface area contributed by atoms with Crippen molar-refractivity contribution in [2.24, 2.45) is 0 Å². The van der Waals surface area contributed by atoms with E-state index in [4.69, 9.17) is 5.11 Å². The minimum absolute atomic E-state index is 0. The second kappa shape index (κ2) is 36.3. The molecule has 0 spiro atoms. The van der Waals surface area contributed by atoms with Gasteiger partial charge in [-0.25, -0.2) is 0 Å². The molecule has 0 unspecified atom stereocenters. The second-order valence-corrected chi connectivity index (χ2v) is 7.13. The first-order valence-electron chi connectivity index (χ1n) is 12.7. The van der Waals surface area contributed by atoms with E-state index in [-0.39, 0.29) is 64.9 Å². The number of ether oxygens (including phenoxy) is 3. The van der Waals surface area contributed by atoms with Crippen LogP contribution in [-0.2, 0) is 64.7 Å². The van der Waals surface area contributed by atoms with Crippen LogP contribution in [0.15, 0.2) is 0 Å². The van der Waals surface area contributed by atoms with E-state index in [9.17, 15) is 28.8 Å². The molecular weight excluding hydrogens is 520 g/mol. The van der Waals surface area contributed by atoms with Gasteiger partial charge in [-0.2, -0.15) is 0 Å². The maximum Gasteiger partial charge on any atom is 0.313 e. The number of hydrogen-bond acceptors (Lipinski definition) is 10. The van der Waals surface area contributed by atoms with Gasteiger partial charge in [-0.1, -0.05) is 20.8 Å². The molecule has 0 fully saturated rings. The minimum atomic E-state index is -0.411. The number of ketones is 3. The molecular formula is C26H48O10Ti. The summed E-state index contributed by atoms with van der Waals surface area (Å²) >= 11 is 0. The van der Waals surface area contributed by atoms with Gasteiger partial charge >= 0.3 is 17.9 Å². The van der Waals surface area contributed by atoms with E-state index in [2.05, 4.69) is 14.2 Å². The molecule has 0 aromatic rings. The molecule has 0 saturated carbocycles. The van der Waals surface area contributed by atoms with Gasteiger partial charge in [-0.05, 0) is 47.0 Å². The van der Waals surface area contributed by atoms with Gasteiger partial charge in [0, 0.05) is 47.6 Å². The van der Waals surface area contributed by atoms with Crippen LogP contribution in [0.4, 0.5) is 0 Å². The number of Topliss-reactive ketones (excluding diaryl/α,β-unsaturated/α-hetero) is 3. The first kappa shape index (κ1) is 45.0. The summed E-state index contributed by atoms with van der Waals surface area (Å²) in [6, 6.07) is 0. The average Bonchev–Trinajstić information content (AvgIpc) is 2.76. The van der Waals surface area contributed by atoms with E-state index in [0.717, 1.165) is 19.3 Å². The predicted octanol–water partition coefficient (Wildman–Crippen LogP) is 3.92. The van der Waals surface area contributed by atoms with Gasteiger partial charge in [0.25, 0.3) is 0 Å². The standard InChI is InChI=1S/3C8H14O3.C2H6O.Ti/c3*1-3-5-7(9)6-8(10)11-4-2;1-2-3;/h3*3-6H2,1-2H3;3H,2H2,1H3;. The van der Waals surface area contributed by atoms with Crippen molar-refractivity contribution < 1.29 is 69.8 Å². The van der Waals surface area contributed by atoms with E-state index in [1.165, 1.54) is 0 Å². The van der Waals surface area contributed by atoms with E-state index in [1.54, 1.807) is 27.7 Å². The summed E-state index contributed by atoms with van der Waals surface area (Å²) in [5, 5.41) is 7.57. The minimum Gasteiger partial charge on any atom is -0.466 e. The third-order valence-corrected chi connectivity index (χ3v) is 3.53. The van der Waals surface area contributed by atoms with Gasteiger partial charge in [0.2, 0.25) is 0 Å². The number of rotatable bonds is 15. The number of esters is 3. The van der Waals surface area contributed by atoms with Gasteiger partial charge in [-0.15, -0.1) is 0 Å². The number of carbonyl (C=O) groups is 6. The first-order chi connectivity index (χ1) is 17.0. The summed E-state index contributed by atoms with van der Waals surface area (Å²) < 4.78 is 13.8. The fourth-order valence-electron chi connectivity index (χ4n) is 2.22. The molecule has 0 bridgehead atoms. The number of aliphatic hydroxyl groups is 1. The van der Waals surface area contributed by atoms with Crippen LogP contribution in [0, 0.1) is 0 Å². The van der Waals surface area contributed by atoms with E-state index < -0.39 is 17.9 Å². The number of aliphatic hydroxyl groups excluding tert-OH is 1. The van der Waals surface area contributed by atoms with Crippen molar-refractivity contribution in [2.45, 2.75) is 106 Å². The number of hydrogen-bond donors (Lipinski definition) is 1. The van der Waals surface area contributed by atoms with Crippen molar-refractivity contribution in [1.82, 2.24) is 0 Å². The normalized spacial score (nSPS) is 8.76. The SMILES string of the molecule is CCCC(=O)CC(=O)OCC.CCCC(=O)CC(=O)OCC.CCCC(=O)CC(=O)OCC.CCO.[Ti]. The molecule has 0 aliphatic heterocycles. The van der Waals surface area contributed by atoms with Crippen LogP contribution in [-0.4, -0.2) is 66.8 Å². The fourth-order valence-corrected chi connectivity index (χ4v) is 2.22. The zero-order chi connectivity index (χ0) is 28.8. The molecule has 216 valence electrons. The van der Waals surface area contributed by atoms with Gasteiger partial charge in [-0.3, -0.25) is 28.8 Å². The Kier molecular flexibility index (Phi) is 44.1. The molecule has 11 heteroatoms. The molecule has 0 aliphatic carbocycles. The smallest absolute Gasteiger partial charge is 0.313 e. The fraction of sp³-hybridized carbons (Fsp3) is 0.769. The molecule has 0 amide bonds. The summed E-state index contributed by atoms with van der Waals surface area (Å²) in [6.45, 7) is 13.9. The van der Waals surface area contributed by atoms with Crippen molar-refractivity contribution in [3.63, 3.8) is 0 Å². The van der Waals surface area contributed by atoms with Crippen molar-refractivity contribution in [3.05, 3.63) is 0 Å². The van der Waals surface area contributed by atoms with Crippen molar-refractivity contribution in [3.8, 4) is 0 Å². The molecule has 0 aromatic carbocycles. The summed E-state index contributed by atoms with van der Waals surface area (Å²) in [4.78, 5) is 64.5. The summed E-state index contributed by atoms with van der Waals surface area (Å²) in [5.74, 6) is -1.34. The van der Waals surface area contributed by atoms with E-state index >= 15 is 0 Å². The van der Waals surface area contributed by atoms with Crippen LogP contribution in [0.5, 0.6) is 0 Å². The Balaban J connectivity index is -0.000000129. The third kappa shape index (κ3) is 44.5. The quantitative estimate of drug-likeness (QED) is 0.133. The van der Waals surface area contributed by atoms with Crippen LogP contribution < -0.4 is 0 Å². The average molecular weight is 569 g/mol. The molecule has 0 heterocycles. The third-order valence-electron chi connectivity index (χ3n) is 3.53. The maximum absolute atomic E-state index is 10.8. The Bertz CT molecular complexity index is 477. The van der Waals surface area contributed by atoms with Gasteiger partial charge in [0.05, 0.1) is 19.8 Å². The topological polar surface area (TPSA) is 150 Å². The zero-order valence-corrected chi connectivity index (χ0v) is 25.4. The van der Waals surface area contributed by atoms with Crippen LogP contribution in [0.3, 0.4) is 0 Å². The van der Waals surface area contributed by atoms with Crippen molar-refractivity contribution in [2.75, 3.05) is 26.4 Å². The van der Waals surface area contributed by atoms with Gasteiger partial charge < -0.3 is 19.3 Å². The molecule has 0 rings (SSSR count). The van der Waals surface area contributed by atoms with Crippen LogP contribution in [0.2, 0.25) is 0 Å². The first-order valence-corrected chi connectivity index (χ1v) is 12.7. The summed E-state index contributed by atoms with van der Waals surface area (Å²) in [6.07, 6.45) is 3.58. The molecule has 0 saturated heterocycles. The summed E-state index contributed by atoms with van der Waals surface area (Å²) in [5.41, 5.74) is 0. The van der Waals surface area contributed by atoms with Crippen LogP contribution >= 0.6 is 0 Å². The van der Waals surface area contributed by atoms with Crippen molar-refractivity contribution in [1.29, 1.82) is 0 Å². The maximum atomic E-state index is 10.8. The molecule has 1 N–H and O–H groups in total.